The fourth-order valence-corrected chi connectivity index (χ4v) is 2.56. The van der Waals surface area contributed by atoms with E-state index in [0.29, 0.717) is 10.9 Å². The van der Waals surface area contributed by atoms with Crippen LogP contribution in [0.5, 0.6) is 0 Å². The SMILES string of the molecule is C[C@@H](CC(C)(Cl)N=Nc1ccc(Cl)cc1)c1ccccc1. The molecule has 2 rings (SSSR count). The lowest BCUT2D eigenvalue weighted by Crippen LogP contribution is -2.15. The van der Waals surface area contributed by atoms with Crippen molar-refractivity contribution in [2.45, 2.75) is 31.2 Å². The van der Waals surface area contributed by atoms with Crippen molar-refractivity contribution in [2.75, 3.05) is 0 Å². The summed E-state index contributed by atoms with van der Waals surface area (Å²) in [5.41, 5.74) is 2.00. The van der Waals surface area contributed by atoms with Crippen LogP contribution in [0.25, 0.3) is 0 Å². The highest BCUT2D eigenvalue weighted by Crippen LogP contribution is 2.32. The van der Waals surface area contributed by atoms with E-state index in [1.807, 2.05) is 37.3 Å². The molecular formula is C17H18Cl2N2. The van der Waals surface area contributed by atoms with Crippen molar-refractivity contribution in [1.29, 1.82) is 0 Å². The van der Waals surface area contributed by atoms with E-state index in [0.717, 1.165) is 12.1 Å². The van der Waals surface area contributed by atoms with Crippen molar-refractivity contribution in [3.8, 4) is 0 Å². The highest BCUT2D eigenvalue weighted by atomic mass is 35.5. The number of hydrogen-bond donors (Lipinski definition) is 0. The average Bonchev–Trinajstić information content (AvgIpc) is 2.47. The quantitative estimate of drug-likeness (QED) is 0.338. The second-order valence-electron chi connectivity index (χ2n) is 5.33. The number of alkyl halides is 1. The first-order valence-corrected chi connectivity index (χ1v) is 7.64. The van der Waals surface area contributed by atoms with Crippen LogP contribution >= 0.6 is 23.2 Å². The van der Waals surface area contributed by atoms with E-state index in [9.17, 15) is 0 Å². The molecule has 0 N–H and O–H groups in total. The molecule has 0 heterocycles. The molecule has 0 saturated heterocycles. The van der Waals surface area contributed by atoms with Gasteiger partial charge >= 0.3 is 0 Å². The van der Waals surface area contributed by atoms with Crippen LogP contribution in [0.15, 0.2) is 64.8 Å². The molecule has 0 fully saturated rings. The fourth-order valence-electron chi connectivity index (χ4n) is 2.17. The first-order chi connectivity index (χ1) is 9.96. The predicted molar refractivity (Wildman–Crippen MR) is 89.7 cm³/mol. The normalized spacial score (nSPS) is 15.8. The Bertz CT molecular complexity index is 592. The van der Waals surface area contributed by atoms with Crippen LogP contribution in [0, 0.1) is 0 Å². The molecule has 0 saturated carbocycles. The van der Waals surface area contributed by atoms with Crippen molar-refractivity contribution < 1.29 is 0 Å². The zero-order valence-corrected chi connectivity index (χ0v) is 13.6. The van der Waals surface area contributed by atoms with Gasteiger partial charge in [0.25, 0.3) is 0 Å². The second kappa shape index (κ2) is 7.06. The molecular weight excluding hydrogens is 303 g/mol. The Kier molecular flexibility index (Phi) is 5.38. The molecule has 0 aliphatic heterocycles. The van der Waals surface area contributed by atoms with Crippen LogP contribution in [-0.4, -0.2) is 5.00 Å². The molecule has 0 bridgehead atoms. The Hall–Kier alpha value is -1.38. The third-order valence-electron chi connectivity index (χ3n) is 3.25. The summed E-state index contributed by atoms with van der Waals surface area (Å²) >= 11 is 12.3. The molecule has 0 spiro atoms. The van der Waals surface area contributed by atoms with Crippen molar-refractivity contribution in [1.82, 2.24) is 0 Å². The van der Waals surface area contributed by atoms with Gasteiger partial charge in [0.15, 0.2) is 5.00 Å². The van der Waals surface area contributed by atoms with Gasteiger partial charge in [0.05, 0.1) is 5.69 Å². The van der Waals surface area contributed by atoms with Crippen LogP contribution in [-0.2, 0) is 0 Å². The van der Waals surface area contributed by atoms with Gasteiger partial charge in [0.1, 0.15) is 0 Å². The monoisotopic (exact) mass is 320 g/mol. The minimum Gasteiger partial charge on any atom is -0.166 e. The second-order valence-corrected chi connectivity index (χ2v) is 6.59. The van der Waals surface area contributed by atoms with E-state index in [2.05, 4.69) is 29.3 Å². The Balaban J connectivity index is 2.02. The molecule has 0 aromatic heterocycles. The Labute approximate surface area is 135 Å². The summed E-state index contributed by atoms with van der Waals surface area (Å²) < 4.78 is 0. The molecule has 2 aromatic rings. The first-order valence-electron chi connectivity index (χ1n) is 6.89. The fraction of sp³-hybridized carbons (Fsp3) is 0.294. The largest absolute Gasteiger partial charge is 0.166 e. The van der Waals surface area contributed by atoms with Crippen molar-refractivity contribution in [3.05, 3.63) is 65.2 Å². The molecule has 4 heteroatoms. The number of hydrogen-bond acceptors (Lipinski definition) is 2. The molecule has 0 radical (unpaired) electrons. The van der Waals surface area contributed by atoms with Crippen LogP contribution in [0.1, 0.15) is 31.7 Å². The summed E-state index contributed by atoms with van der Waals surface area (Å²) in [6, 6.07) is 17.5. The number of benzene rings is 2. The van der Waals surface area contributed by atoms with E-state index in [1.165, 1.54) is 5.56 Å². The van der Waals surface area contributed by atoms with E-state index in [-0.39, 0.29) is 0 Å². The maximum absolute atomic E-state index is 6.48. The Morgan fingerprint density at radius 2 is 1.67 bits per heavy atom. The number of halogens is 2. The molecule has 2 nitrogen and oxygen atoms in total. The van der Waals surface area contributed by atoms with Crippen LogP contribution in [0.2, 0.25) is 5.02 Å². The van der Waals surface area contributed by atoms with E-state index < -0.39 is 5.00 Å². The molecule has 2 aromatic carbocycles. The maximum Gasteiger partial charge on any atom is 0.152 e. The number of azo groups is 1. The van der Waals surface area contributed by atoms with E-state index in [1.54, 1.807) is 12.1 Å². The Morgan fingerprint density at radius 3 is 2.29 bits per heavy atom. The Morgan fingerprint density at radius 1 is 1.05 bits per heavy atom. The van der Waals surface area contributed by atoms with Crippen LogP contribution in [0.4, 0.5) is 5.69 Å². The lowest BCUT2D eigenvalue weighted by Gasteiger charge is -2.20. The summed E-state index contributed by atoms with van der Waals surface area (Å²) in [4.78, 5) is -0.727. The molecule has 0 aliphatic carbocycles. The summed E-state index contributed by atoms with van der Waals surface area (Å²) in [5, 5.41) is 9.15. The van der Waals surface area contributed by atoms with Gasteiger partial charge in [-0.2, -0.15) is 10.2 Å². The summed E-state index contributed by atoms with van der Waals surface area (Å²) in [7, 11) is 0. The summed E-state index contributed by atoms with van der Waals surface area (Å²) in [5.74, 6) is 0.317. The predicted octanol–water partition coefficient (Wildman–Crippen LogP) is 6.57. The van der Waals surface area contributed by atoms with Crippen molar-refractivity contribution in [2.24, 2.45) is 10.2 Å². The molecule has 0 amide bonds. The minimum absolute atomic E-state index is 0.317. The third-order valence-corrected chi connectivity index (χ3v) is 3.73. The van der Waals surface area contributed by atoms with Gasteiger partial charge < -0.3 is 0 Å². The highest BCUT2D eigenvalue weighted by Gasteiger charge is 2.24. The van der Waals surface area contributed by atoms with Crippen LogP contribution < -0.4 is 0 Å². The van der Waals surface area contributed by atoms with Gasteiger partial charge in [-0.3, -0.25) is 0 Å². The molecule has 1 unspecified atom stereocenters. The lowest BCUT2D eigenvalue weighted by atomic mass is 9.94. The summed E-state index contributed by atoms with van der Waals surface area (Å²) in [6.45, 7) is 4.03. The zero-order chi connectivity index (χ0) is 15.3. The van der Waals surface area contributed by atoms with Gasteiger partial charge in [-0.25, -0.2) is 0 Å². The van der Waals surface area contributed by atoms with Gasteiger partial charge in [-0.1, -0.05) is 60.5 Å². The molecule has 0 aliphatic rings. The molecule has 110 valence electrons. The van der Waals surface area contributed by atoms with E-state index in [4.69, 9.17) is 23.2 Å². The molecule has 2 atom stereocenters. The number of nitrogens with zero attached hydrogens (tertiary/aromatic N) is 2. The minimum atomic E-state index is -0.727. The zero-order valence-electron chi connectivity index (χ0n) is 12.1. The smallest absolute Gasteiger partial charge is 0.152 e. The molecule has 21 heavy (non-hydrogen) atoms. The van der Waals surface area contributed by atoms with Crippen molar-refractivity contribution in [3.63, 3.8) is 0 Å². The standard InChI is InChI=1S/C17H18Cl2N2/c1-13(14-6-4-3-5-7-14)12-17(2,19)21-20-16-10-8-15(18)9-11-16/h3-11,13H,12H2,1-2H3/t13-,17?/m0/s1. The topological polar surface area (TPSA) is 24.7 Å². The maximum atomic E-state index is 6.48. The van der Waals surface area contributed by atoms with Crippen LogP contribution in [0.3, 0.4) is 0 Å². The van der Waals surface area contributed by atoms with Gasteiger partial charge in [0.2, 0.25) is 0 Å². The average molecular weight is 321 g/mol. The highest BCUT2D eigenvalue weighted by molar-refractivity contribution is 6.30. The first kappa shape index (κ1) is 16.0. The lowest BCUT2D eigenvalue weighted by molar-refractivity contribution is 0.520. The summed E-state index contributed by atoms with van der Waals surface area (Å²) in [6.07, 6.45) is 0.718. The van der Waals surface area contributed by atoms with Gasteiger partial charge in [-0.05, 0) is 49.1 Å². The third kappa shape index (κ3) is 5.14. The van der Waals surface area contributed by atoms with Gasteiger partial charge in [-0.15, -0.1) is 0 Å². The van der Waals surface area contributed by atoms with Gasteiger partial charge in [0, 0.05) is 5.02 Å². The van der Waals surface area contributed by atoms with E-state index >= 15 is 0 Å². The van der Waals surface area contributed by atoms with Crippen molar-refractivity contribution >= 4 is 28.9 Å². The number of rotatable bonds is 5.